The molecule has 0 bridgehead atoms. The predicted octanol–water partition coefficient (Wildman–Crippen LogP) is 3.54. The Balaban J connectivity index is 0.000000298. The highest BCUT2D eigenvalue weighted by atomic mass is 19.4. The fourth-order valence-electron chi connectivity index (χ4n) is 3.04. The van der Waals surface area contributed by atoms with E-state index < -0.39 is 12.1 Å². The maximum absolute atomic E-state index is 10.6. The zero-order valence-corrected chi connectivity index (χ0v) is 15.6. The van der Waals surface area contributed by atoms with Crippen molar-refractivity contribution < 1.29 is 32.3 Å². The van der Waals surface area contributed by atoms with Gasteiger partial charge in [-0.1, -0.05) is 41.9 Å². The molecule has 2 heterocycles. The molecule has 1 N–H and O–H groups in total. The van der Waals surface area contributed by atoms with Crippen molar-refractivity contribution in [2.75, 3.05) is 19.7 Å². The number of aliphatic carboxylic acids is 1. The lowest BCUT2D eigenvalue weighted by Crippen LogP contribution is -2.38. The van der Waals surface area contributed by atoms with Crippen LogP contribution >= 0.6 is 0 Å². The van der Waals surface area contributed by atoms with E-state index >= 15 is 0 Å². The van der Waals surface area contributed by atoms with E-state index in [0.717, 1.165) is 25.5 Å². The SMILES string of the molecule is O=C(O)C(F)(F)F.c1ccc(CN2CCOC(c3noc(C4CCC4)n3)C2)cc1. The summed E-state index contributed by atoms with van der Waals surface area (Å²) >= 11 is 0. The molecule has 4 rings (SSSR count). The Bertz CT molecular complexity index is 793. The highest BCUT2D eigenvalue weighted by Gasteiger charge is 2.38. The van der Waals surface area contributed by atoms with Crippen LogP contribution in [0.1, 0.15) is 48.6 Å². The molecule has 0 spiro atoms. The van der Waals surface area contributed by atoms with Crippen molar-refractivity contribution in [3.8, 4) is 0 Å². The van der Waals surface area contributed by atoms with E-state index in [2.05, 4.69) is 39.3 Å². The van der Waals surface area contributed by atoms with Gasteiger partial charge < -0.3 is 14.4 Å². The van der Waals surface area contributed by atoms with Gasteiger partial charge in [0.15, 0.2) is 0 Å². The highest BCUT2D eigenvalue weighted by Crippen LogP contribution is 2.36. The Morgan fingerprint density at radius 1 is 1.24 bits per heavy atom. The molecule has 1 aromatic heterocycles. The summed E-state index contributed by atoms with van der Waals surface area (Å²) in [5.41, 5.74) is 1.33. The van der Waals surface area contributed by atoms with Gasteiger partial charge in [0, 0.05) is 25.6 Å². The normalized spacial score (nSPS) is 20.4. The Morgan fingerprint density at radius 2 is 1.93 bits per heavy atom. The minimum absolute atomic E-state index is 0.0740. The number of halogens is 3. The fourth-order valence-corrected chi connectivity index (χ4v) is 3.04. The van der Waals surface area contributed by atoms with Crippen molar-refractivity contribution in [3.63, 3.8) is 0 Å². The van der Waals surface area contributed by atoms with Crippen LogP contribution in [0.5, 0.6) is 0 Å². The van der Waals surface area contributed by atoms with Crippen molar-refractivity contribution >= 4 is 5.97 Å². The van der Waals surface area contributed by atoms with Crippen LogP contribution in [0.2, 0.25) is 0 Å². The Hall–Kier alpha value is -2.46. The van der Waals surface area contributed by atoms with Crippen LogP contribution in [0, 0.1) is 0 Å². The van der Waals surface area contributed by atoms with Gasteiger partial charge in [-0.05, 0) is 18.4 Å². The first-order chi connectivity index (χ1) is 13.8. The van der Waals surface area contributed by atoms with Crippen LogP contribution in [0.4, 0.5) is 13.2 Å². The largest absolute Gasteiger partial charge is 0.490 e. The molecule has 2 aliphatic rings. The van der Waals surface area contributed by atoms with Crippen LogP contribution < -0.4 is 0 Å². The molecule has 1 atom stereocenters. The van der Waals surface area contributed by atoms with Crippen molar-refractivity contribution in [2.24, 2.45) is 0 Å². The number of benzene rings is 1. The van der Waals surface area contributed by atoms with Gasteiger partial charge in [-0.15, -0.1) is 0 Å². The number of ether oxygens (including phenoxy) is 1. The van der Waals surface area contributed by atoms with Crippen LogP contribution in [-0.4, -0.2) is 52.0 Å². The minimum atomic E-state index is -5.08. The molecule has 158 valence electrons. The van der Waals surface area contributed by atoms with Crippen LogP contribution in [0.15, 0.2) is 34.9 Å². The number of alkyl halides is 3. The van der Waals surface area contributed by atoms with Crippen molar-refractivity contribution in [1.29, 1.82) is 0 Å². The molecule has 1 aliphatic heterocycles. The van der Waals surface area contributed by atoms with Crippen molar-refractivity contribution in [2.45, 2.75) is 44.0 Å². The van der Waals surface area contributed by atoms with Gasteiger partial charge in [-0.25, -0.2) is 4.79 Å². The first-order valence-electron chi connectivity index (χ1n) is 9.34. The van der Waals surface area contributed by atoms with Crippen LogP contribution in [0.3, 0.4) is 0 Å². The topological polar surface area (TPSA) is 88.7 Å². The molecule has 0 amide bonds. The summed E-state index contributed by atoms with van der Waals surface area (Å²) < 4.78 is 43.0. The molecule has 29 heavy (non-hydrogen) atoms. The molecule has 7 nitrogen and oxygen atoms in total. The van der Waals surface area contributed by atoms with E-state index in [0.29, 0.717) is 18.3 Å². The third-order valence-corrected chi connectivity index (χ3v) is 4.84. The second-order valence-corrected chi connectivity index (χ2v) is 7.00. The number of aromatic nitrogens is 2. The van der Waals surface area contributed by atoms with Gasteiger partial charge in [0.2, 0.25) is 11.7 Å². The molecule has 1 aliphatic carbocycles. The average Bonchev–Trinajstić information content (AvgIpc) is 3.10. The zero-order chi connectivity index (χ0) is 20.9. The summed E-state index contributed by atoms with van der Waals surface area (Å²) in [4.78, 5) is 15.9. The minimum Gasteiger partial charge on any atom is -0.475 e. The molecule has 1 unspecified atom stereocenters. The Kier molecular flexibility index (Phi) is 6.86. The zero-order valence-electron chi connectivity index (χ0n) is 15.6. The van der Waals surface area contributed by atoms with E-state index in [1.807, 2.05) is 6.07 Å². The molecule has 1 saturated carbocycles. The van der Waals surface area contributed by atoms with E-state index in [1.165, 1.54) is 24.8 Å². The van der Waals surface area contributed by atoms with Gasteiger partial charge in [-0.3, -0.25) is 4.90 Å². The van der Waals surface area contributed by atoms with Crippen LogP contribution in [0.25, 0.3) is 0 Å². The average molecular weight is 413 g/mol. The lowest BCUT2D eigenvalue weighted by Gasteiger charge is -2.31. The molecule has 1 aromatic carbocycles. The number of rotatable bonds is 4. The fraction of sp³-hybridized carbons (Fsp3) is 0.526. The Labute approximate surface area is 165 Å². The maximum Gasteiger partial charge on any atom is 0.490 e. The predicted molar refractivity (Wildman–Crippen MR) is 95.0 cm³/mol. The van der Waals surface area contributed by atoms with E-state index in [4.69, 9.17) is 19.2 Å². The van der Waals surface area contributed by atoms with E-state index in [9.17, 15) is 13.2 Å². The van der Waals surface area contributed by atoms with Gasteiger partial charge in [0.05, 0.1) is 6.61 Å². The molecule has 10 heteroatoms. The van der Waals surface area contributed by atoms with Crippen molar-refractivity contribution in [3.05, 3.63) is 47.6 Å². The summed E-state index contributed by atoms with van der Waals surface area (Å²) in [6.07, 6.45) is -1.54. The summed E-state index contributed by atoms with van der Waals surface area (Å²) in [5.74, 6) is -0.776. The van der Waals surface area contributed by atoms with Crippen molar-refractivity contribution in [1.82, 2.24) is 15.0 Å². The summed E-state index contributed by atoms with van der Waals surface area (Å²) in [7, 11) is 0. The lowest BCUT2D eigenvalue weighted by molar-refractivity contribution is -0.192. The number of hydrogen-bond donors (Lipinski definition) is 1. The third kappa shape index (κ3) is 6.01. The van der Waals surface area contributed by atoms with Gasteiger partial charge in [0.25, 0.3) is 0 Å². The molecule has 0 radical (unpaired) electrons. The molecular weight excluding hydrogens is 391 g/mol. The molecular formula is C19H22F3N3O4. The van der Waals surface area contributed by atoms with Crippen LogP contribution in [-0.2, 0) is 16.1 Å². The Morgan fingerprint density at radius 3 is 2.52 bits per heavy atom. The van der Waals surface area contributed by atoms with Gasteiger partial charge >= 0.3 is 12.1 Å². The van der Waals surface area contributed by atoms with Gasteiger partial charge in [-0.2, -0.15) is 18.2 Å². The number of hydrogen-bond acceptors (Lipinski definition) is 6. The summed E-state index contributed by atoms with van der Waals surface area (Å²) in [6.45, 7) is 3.41. The summed E-state index contributed by atoms with van der Waals surface area (Å²) in [6, 6.07) is 10.5. The molecule has 2 aromatic rings. The number of morpholine rings is 1. The summed E-state index contributed by atoms with van der Waals surface area (Å²) in [5, 5.41) is 11.3. The number of carboxylic acid groups (broad SMARTS) is 1. The molecule has 1 saturated heterocycles. The first-order valence-corrected chi connectivity index (χ1v) is 9.34. The second kappa shape index (κ2) is 9.36. The third-order valence-electron chi connectivity index (χ3n) is 4.84. The van der Waals surface area contributed by atoms with E-state index in [1.54, 1.807) is 0 Å². The number of nitrogens with zero attached hydrogens (tertiary/aromatic N) is 3. The first kappa shape index (κ1) is 21.3. The van der Waals surface area contributed by atoms with E-state index in [-0.39, 0.29) is 6.10 Å². The highest BCUT2D eigenvalue weighted by molar-refractivity contribution is 5.73. The maximum atomic E-state index is 10.6. The lowest BCUT2D eigenvalue weighted by atomic mass is 9.85. The van der Waals surface area contributed by atoms with Gasteiger partial charge in [0.1, 0.15) is 6.10 Å². The number of carbonyl (C=O) groups is 1. The smallest absolute Gasteiger partial charge is 0.475 e. The number of carboxylic acids is 1. The molecule has 2 fully saturated rings. The monoisotopic (exact) mass is 413 g/mol. The second-order valence-electron chi connectivity index (χ2n) is 7.00. The quantitative estimate of drug-likeness (QED) is 0.820. The standard InChI is InChI=1S/C17H21N3O2.C2HF3O2/c1-2-5-13(6-3-1)11-20-9-10-21-15(12-20)16-18-17(22-19-16)14-7-4-8-14;3-2(4,5)1(6)7/h1-3,5-6,14-15H,4,7-12H2;(H,6,7).